The van der Waals surface area contributed by atoms with E-state index in [2.05, 4.69) is 0 Å². The van der Waals surface area contributed by atoms with E-state index in [1.807, 2.05) is 6.92 Å². The molecule has 0 radical (unpaired) electrons. The Hall–Kier alpha value is -0.530. The molecule has 14 heavy (non-hydrogen) atoms. The molecule has 0 N–H and O–H groups in total. The third-order valence-corrected chi connectivity index (χ3v) is 3.86. The molecular weight excluding hydrogens is 176 g/mol. The van der Waals surface area contributed by atoms with Gasteiger partial charge in [0.25, 0.3) is 0 Å². The Labute approximate surface area is 86.0 Å². The van der Waals surface area contributed by atoms with Crippen LogP contribution in [-0.2, 0) is 9.53 Å². The van der Waals surface area contributed by atoms with Crippen molar-refractivity contribution in [2.45, 2.75) is 45.4 Å². The van der Waals surface area contributed by atoms with Crippen molar-refractivity contribution in [3.63, 3.8) is 0 Å². The Morgan fingerprint density at radius 1 is 1.21 bits per heavy atom. The van der Waals surface area contributed by atoms with Crippen LogP contribution in [0.15, 0.2) is 0 Å². The first-order chi connectivity index (χ1) is 6.81. The molecular formula is C12H20O2. The minimum absolute atomic E-state index is 0.0573. The van der Waals surface area contributed by atoms with Gasteiger partial charge in [-0.2, -0.15) is 0 Å². The van der Waals surface area contributed by atoms with Crippen LogP contribution in [0.3, 0.4) is 0 Å². The third-order valence-electron chi connectivity index (χ3n) is 3.86. The smallest absolute Gasteiger partial charge is 0.308 e. The highest BCUT2D eigenvalue weighted by Crippen LogP contribution is 2.45. The number of carbonyl (C=O) groups excluding carboxylic acids is 1. The molecule has 3 atom stereocenters. The molecule has 0 aromatic carbocycles. The van der Waals surface area contributed by atoms with Gasteiger partial charge in [-0.05, 0) is 31.6 Å². The molecule has 2 nitrogen and oxygen atoms in total. The summed E-state index contributed by atoms with van der Waals surface area (Å²) in [5, 5.41) is 0. The molecule has 80 valence electrons. The van der Waals surface area contributed by atoms with Crippen LogP contribution >= 0.6 is 0 Å². The summed E-state index contributed by atoms with van der Waals surface area (Å²) in [6, 6.07) is 0. The average molecular weight is 196 g/mol. The lowest BCUT2D eigenvalue weighted by Crippen LogP contribution is -2.14. The third kappa shape index (κ3) is 1.94. The predicted octanol–water partition coefficient (Wildman–Crippen LogP) is 2.77. The second-order valence-electron chi connectivity index (χ2n) is 4.72. The first-order valence-electron chi connectivity index (χ1n) is 5.98. The van der Waals surface area contributed by atoms with Crippen LogP contribution in [-0.4, -0.2) is 12.6 Å². The summed E-state index contributed by atoms with van der Waals surface area (Å²) >= 11 is 0. The van der Waals surface area contributed by atoms with Gasteiger partial charge in [0, 0.05) is 0 Å². The summed E-state index contributed by atoms with van der Waals surface area (Å²) < 4.78 is 5.09. The van der Waals surface area contributed by atoms with E-state index in [0.717, 1.165) is 24.7 Å². The van der Waals surface area contributed by atoms with Gasteiger partial charge in [-0.15, -0.1) is 0 Å². The Balaban J connectivity index is 1.89. The lowest BCUT2D eigenvalue weighted by Gasteiger charge is -2.24. The largest absolute Gasteiger partial charge is 0.466 e. The Morgan fingerprint density at radius 3 is 2.29 bits per heavy atom. The van der Waals surface area contributed by atoms with Crippen molar-refractivity contribution in [2.24, 2.45) is 17.8 Å². The summed E-state index contributed by atoms with van der Waals surface area (Å²) in [6.45, 7) is 2.42. The van der Waals surface area contributed by atoms with Crippen LogP contribution in [0.4, 0.5) is 0 Å². The SMILES string of the molecule is CCOC(=O)C1C[C@H]2CCCC[C@H]2C1. The number of carbonyl (C=O) groups is 1. The Bertz CT molecular complexity index is 198. The summed E-state index contributed by atoms with van der Waals surface area (Å²) in [7, 11) is 0. The van der Waals surface area contributed by atoms with Crippen molar-refractivity contribution >= 4 is 5.97 Å². The highest BCUT2D eigenvalue weighted by Gasteiger charge is 2.39. The minimum atomic E-state index is 0.0573. The fourth-order valence-electron chi connectivity index (χ4n) is 3.18. The van der Waals surface area contributed by atoms with E-state index in [1.165, 1.54) is 25.7 Å². The van der Waals surface area contributed by atoms with E-state index in [-0.39, 0.29) is 11.9 Å². The zero-order valence-corrected chi connectivity index (χ0v) is 9.00. The normalized spacial score (nSPS) is 36.5. The van der Waals surface area contributed by atoms with Crippen molar-refractivity contribution in [3.8, 4) is 0 Å². The first kappa shape index (κ1) is 10.0. The molecule has 1 unspecified atom stereocenters. The van der Waals surface area contributed by atoms with Crippen LogP contribution in [0, 0.1) is 17.8 Å². The summed E-state index contributed by atoms with van der Waals surface area (Å²) in [4.78, 5) is 11.6. The topological polar surface area (TPSA) is 26.3 Å². The van der Waals surface area contributed by atoms with E-state index in [9.17, 15) is 4.79 Å². The molecule has 2 fully saturated rings. The van der Waals surface area contributed by atoms with Crippen LogP contribution < -0.4 is 0 Å². The summed E-state index contributed by atoms with van der Waals surface area (Å²) in [5.74, 6) is 1.95. The van der Waals surface area contributed by atoms with Gasteiger partial charge in [-0.25, -0.2) is 0 Å². The maximum absolute atomic E-state index is 11.6. The van der Waals surface area contributed by atoms with Crippen molar-refractivity contribution in [3.05, 3.63) is 0 Å². The van der Waals surface area contributed by atoms with Crippen LogP contribution in [0.5, 0.6) is 0 Å². The number of hydrogen-bond acceptors (Lipinski definition) is 2. The molecule has 0 bridgehead atoms. The van der Waals surface area contributed by atoms with E-state index in [1.54, 1.807) is 0 Å². The van der Waals surface area contributed by atoms with E-state index in [4.69, 9.17) is 4.74 Å². The van der Waals surface area contributed by atoms with Gasteiger partial charge in [0.2, 0.25) is 0 Å². The second-order valence-corrected chi connectivity index (χ2v) is 4.72. The van der Waals surface area contributed by atoms with Gasteiger partial charge in [-0.3, -0.25) is 4.79 Å². The van der Waals surface area contributed by atoms with Crippen molar-refractivity contribution in [1.82, 2.24) is 0 Å². The number of hydrogen-bond donors (Lipinski definition) is 0. The monoisotopic (exact) mass is 196 g/mol. The summed E-state index contributed by atoms with van der Waals surface area (Å²) in [5.41, 5.74) is 0. The minimum Gasteiger partial charge on any atom is -0.466 e. The average Bonchev–Trinajstić information content (AvgIpc) is 2.61. The molecule has 0 amide bonds. The maximum atomic E-state index is 11.6. The van der Waals surface area contributed by atoms with E-state index in [0.29, 0.717) is 6.61 Å². The van der Waals surface area contributed by atoms with Gasteiger partial charge in [0.15, 0.2) is 0 Å². The molecule has 2 aliphatic carbocycles. The van der Waals surface area contributed by atoms with Gasteiger partial charge in [0.1, 0.15) is 0 Å². The van der Waals surface area contributed by atoms with Gasteiger partial charge < -0.3 is 4.74 Å². The summed E-state index contributed by atoms with van der Waals surface area (Å²) in [6.07, 6.45) is 7.64. The molecule has 2 aliphatic rings. The molecule has 2 rings (SSSR count). The van der Waals surface area contributed by atoms with E-state index >= 15 is 0 Å². The molecule has 0 heterocycles. The zero-order chi connectivity index (χ0) is 9.97. The maximum Gasteiger partial charge on any atom is 0.308 e. The molecule has 0 aliphatic heterocycles. The van der Waals surface area contributed by atoms with Gasteiger partial charge in [0.05, 0.1) is 12.5 Å². The molecule has 2 heteroatoms. The van der Waals surface area contributed by atoms with Crippen LogP contribution in [0.25, 0.3) is 0 Å². The zero-order valence-electron chi connectivity index (χ0n) is 9.00. The van der Waals surface area contributed by atoms with Crippen molar-refractivity contribution in [2.75, 3.05) is 6.61 Å². The van der Waals surface area contributed by atoms with Crippen LogP contribution in [0.1, 0.15) is 45.4 Å². The number of esters is 1. The fraction of sp³-hybridized carbons (Fsp3) is 0.917. The standard InChI is InChI=1S/C12H20O2/c1-2-14-12(13)11-7-9-5-3-4-6-10(9)8-11/h9-11H,2-8H2,1H3/t9-,10+,11?. The fourth-order valence-corrected chi connectivity index (χ4v) is 3.18. The molecule has 0 saturated heterocycles. The van der Waals surface area contributed by atoms with E-state index < -0.39 is 0 Å². The number of fused-ring (bicyclic) bond motifs is 1. The molecule has 0 aromatic rings. The molecule has 0 spiro atoms. The lowest BCUT2D eigenvalue weighted by molar-refractivity contribution is -0.147. The number of ether oxygens (including phenoxy) is 1. The van der Waals surface area contributed by atoms with Gasteiger partial charge in [-0.1, -0.05) is 25.7 Å². The second kappa shape index (κ2) is 4.33. The lowest BCUT2D eigenvalue weighted by atomic mass is 9.82. The predicted molar refractivity (Wildman–Crippen MR) is 54.8 cm³/mol. The van der Waals surface area contributed by atoms with Crippen molar-refractivity contribution in [1.29, 1.82) is 0 Å². The first-order valence-corrected chi connectivity index (χ1v) is 5.98. The van der Waals surface area contributed by atoms with Gasteiger partial charge >= 0.3 is 5.97 Å². The highest BCUT2D eigenvalue weighted by molar-refractivity contribution is 5.72. The Kier molecular flexibility index (Phi) is 3.09. The quantitative estimate of drug-likeness (QED) is 0.635. The highest BCUT2D eigenvalue weighted by atomic mass is 16.5. The Morgan fingerprint density at radius 2 is 1.79 bits per heavy atom. The van der Waals surface area contributed by atoms with Crippen molar-refractivity contribution < 1.29 is 9.53 Å². The molecule has 0 aromatic heterocycles. The number of rotatable bonds is 2. The van der Waals surface area contributed by atoms with Crippen LogP contribution in [0.2, 0.25) is 0 Å². The molecule has 2 saturated carbocycles.